The second-order valence-electron chi connectivity index (χ2n) is 7.76. The molecule has 5 heteroatoms. The SMILES string of the molecule is C=C/C=C(/NC(=O)c1ccc(C=C2CN(Cc3ccc4cc[nH]c4c3)C2)cc1)C(=C)N. The van der Waals surface area contributed by atoms with Gasteiger partial charge in [-0.3, -0.25) is 9.69 Å². The molecule has 4 rings (SSSR count). The lowest BCUT2D eigenvalue weighted by atomic mass is 10.0. The number of fused-ring (bicyclic) bond motifs is 1. The minimum absolute atomic E-state index is 0.229. The van der Waals surface area contributed by atoms with E-state index in [0.29, 0.717) is 11.3 Å². The van der Waals surface area contributed by atoms with Gasteiger partial charge >= 0.3 is 0 Å². The highest BCUT2D eigenvalue weighted by Crippen LogP contribution is 2.22. The molecule has 1 aromatic heterocycles. The van der Waals surface area contributed by atoms with E-state index >= 15 is 0 Å². The summed E-state index contributed by atoms with van der Waals surface area (Å²) < 4.78 is 0. The van der Waals surface area contributed by atoms with Crippen molar-refractivity contribution < 1.29 is 4.79 Å². The number of benzene rings is 2. The average Bonchev–Trinajstić information content (AvgIpc) is 3.20. The summed E-state index contributed by atoms with van der Waals surface area (Å²) in [4.78, 5) is 18.1. The Kier molecular flexibility index (Phi) is 5.87. The van der Waals surface area contributed by atoms with Crippen molar-refractivity contribution in [1.29, 1.82) is 0 Å². The molecule has 0 atom stereocenters. The van der Waals surface area contributed by atoms with E-state index in [4.69, 9.17) is 5.73 Å². The number of nitrogens with zero attached hydrogens (tertiary/aromatic N) is 1. The molecule has 31 heavy (non-hydrogen) atoms. The number of allylic oxidation sites excluding steroid dienone is 2. The van der Waals surface area contributed by atoms with Gasteiger partial charge in [0, 0.05) is 42.6 Å². The predicted octanol–water partition coefficient (Wildman–Crippen LogP) is 4.34. The molecule has 5 nitrogen and oxygen atoms in total. The zero-order valence-corrected chi connectivity index (χ0v) is 17.4. The number of likely N-dealkylation sites (tertiary alicyclic amines) is 1. The van der Waals surface area contributed by atoms with Gasteiger partial charge in [-0.25, -0.2) is 0 Å². The molecule has 1 fully saturated rings. The molecule has 0 unspecified atom stereocenters. The number of H-pyrrole nitrogens is 1. The third-order valence-electron chi connectivity index (χ3n) is 5.30. The molecule has 0 saturated carbocycles. The molecule has 1 saturated heterocycles. The lowest BCUT2D eigenvalue weighted by Gasteiger charge is -2.34. The van der Waals surface area contributed by atoms with Crippen LogP contribution in [-0.2, 0) is 6.54 Å². The summed E-state index contributed by atoms with van der Waals surface area (Å²) in [7, 11) is 0. The molecular formula is C26H26N4O. The first-order valence-electron chi connectivity index (χ1n) is 10.2. The first-order valence-corrected chi connectivity index (χ1v) is 10.2. The number of hydrogen-bond donors (Lipinski definition) is 3. The molecule has 0 aliphatic carbocycles. The topological polar surface area (TPSA) is 74.2 Å². The highest BCUT2D eigenvalue weighted by Gasteiger charge is 2.20. The van der Waals surface area contributed by atoms with E-state index in [9.17, 15) is 4.79 Å². The van der Waals surface area contributed by atoms with E-state index in [1.165, 1.54) is 22.0 Å². The van der Waals surface area contributed by atoms with Crippen LogP contribution in [0.4, 0.5) is 0 Å². The van der Waals surface area contributed by atoms with Gasteiger partial charge in [-0.05, 0) is 52.4 Å². The third kappa shape index (κ3) is 4.85. The molecule has 4 N–H and O–H groups in total. The maximum atomic E-state index is 12.4. The van der Waals surface area contributed by atoms with Crippen molar-refractivity contribution >= 4 is 22.9 Å². The number of nitrogens with two attached hydrogens (primary N) is 1. The summed E-state index contributed by atoms with van der Waals surface area (Å²) in [6.07, 6.45) is 7.34. The molecule has 0 bridgehead atoms. The molecule has 1 aliphatic heterocycles. The second kappa shape index (κ2) is 8.90. The smallest absolute Gasteiger partial charge is 0.255 e. The van der Waals surface area contributed by atoms with Gasteiger partial charge in [0.2, 0.25) is 0 Å². The summed E-state index contributed by atoms with van der Waals surface area (Å²) in [5.41, 5.74) is 12.0. The molecule has 2 aromatic carbocycles. The highest BCUT2D eigenvalue weighted by molar-refractivity contribution is 5.95. The summed E-state index contributed by atoms with van der Waals surface area (Å²) >= 11 is 0. The van der Waals surface area contributed by atoms with Crippen LogP contribution in [-0.4, -0.2) is 28.9 Å². The Morgan fingerprint density at radius 3 is 2.65 bits per heavy atom. The van der Waals surface area contributed by atoms with E-state index in [2.05, 4.69) is 58.7 Å². The lowest BCUT2D eigenvalue weighted by Crippen LogP contribution is -2.39. The van der Waals surface area contributed by atoms with Crippen LogP contribution in [0, 0.1) is 0 Å². The molecule has 3 aromatic rings. The van der Waals surface area contributed by atoms with E-state index in [0.717, 1.165) is 25.2 Å². The van der Waals surface area contributed by atoms with Crippen molar-refractivity contribution in [2.24, 2.45) is 5.73 Å². The summed E-state index contributed by atoms with van der Waals surface area (Å²) in [5.74, 6) is -0.229. The van der Waals surface area contributed by atoms with Crippen LogP contribution in [0.3, 0.4) is 0 Å². The van der Waals surface area contributed by atoms with Crippen LogP contribution in [0.1, 0.15) is 21.5 Å². The predicted molar refractivity (Wildman–Crippen MR) is 127 cm³/mol. The molecule has 2 heterocycles. The van der Waals surface area contributed by atoms with Crippen molar-refractivity contribution in [1.82, 2.24) is 15.2 Å². The number of amides is 1. The van der Waals surface area contributed by atoms with Crippen LogP contribution in [0.5, 0.6) is 0 Å². The van der Waals surface area contributed by atoms with Crippen LogP contribution in [0.25, 0.3) is 17.0 Å². The number of nitrogens with one attached hydrogen (secondary N) is 2. The fourth-order valence-corrected chi connectivity index (χ4v) is 3.69. The van der Waals surface area contributed by atoms with Crippen LogP contribution in [0.2, 0.25) is 0 Å². The highest BCUT2D eigenvalue weighted by atomic mass is 16.1. The van der Waals surface area contributed by atoms with E-state index < -0.39 is 0 Å². The minimum atomic E-state index is -0.229. The fourth-order valence-electron chi connectivity index (χ4n) is 3.69. The number of aromatic nitrogens is 1. The van der Waals surface area contributed by atoms with E-state index in [-0.39, 0.29) is 11.6 Å². The number of carbonyl (C=O) groups excluding carboxylic acids is 1. The number of rotatable bonds is 7. The molecule has 0 spiro atoms. The van der Waals surface area contributed by atoms with Crippen molar-refractivity contribution in [3.63, 3.8) is 0 Å². The Morgan fingerprint density at radius 2 is 1.94 bits per heavy atom. The molecule has 156 valence electrons. The van der Waals surface area contributed by atoms with Crippen molar-refractivity contribution in [2.45, 2.75) is 6.54 Å². The standard InChI is InChI=1S/C26H26N4O/c1-3-4-24(18(2)27)29-26(31)23-9-5-19(6-10-23)13-21-16-30(17-21)15-20-7-8-22-11-12-28-25(22)14-20/h3-14,28H,1-2,15-17,27H2,(H,29,31)/b24-4+. The van der Waals surface area contributed by atoms with Gasteiger partial charge < -0.3 is 16.0 Å². The third-order valence-corrected chi connectivity index (χ3v) is 5.30. The van der Waals surface area contributed by atoms with Gasteiger partial charge in [-0.2, -0.15) is 0 Å². The second-order valence-corrected chi connectivity index (χ2v) is 7.76. The maximum absolute atomic E-state index is 12.4. The lowest BCUT2D eigenvalue weighted by molar-refractivity contribution is 0.0966. The summed E-state index contributed by atoms with van der Waals surface area (Å²) in [5, 5.41) is 4.00. The Hall–Kier alpha value is -3.83. The van der Waals surface area contributed by atoms with Crippen molar-refractivity contribution in [3.05, 3.63) is 114 Å². The van der Waals surface area contributed by atoms with Crippen LogP contribution in [0.15, 0.2) is 97.0 Å². The van der Waals surface area contributed by atoms with E-state index in [1.807, 2.05) is 30.5 Å². The van der Waals surface area contributed by atoms with Gasteiger partial charge in [0.05, 0.1) is 5.70 Å². The van der Waals surface area contributed by atoms with E-state index in [1.54, 1.807) is 12.2 Å². The summed E-state index contributed by atoms with van der Waals surface area (Å²) in [6.45, 7) is 10.1. The fraction of sp³-hybridized carbons (Fsp3) is 0.115. The normalized spacial score (nSPS) is 14.2. The molecule has 1 amide bonds. The Balaban J connectivity index is 1.33. The number of aromatic amines is 1. The quantitative estimate of drug-likeness (QED) is 0.507. The number of carbonyl (C=O) groups is 1. The monoisotopic (exact) mass is 410 g/mol. The Labute approximate surface area is 182 Å². The van der Waals surface area contributed by atoms with Gasteiger partial charge in [-0.15, -0.1) is 0 Å². The number of hydrogen-bond acceptors (Lipinski definition) is 3. The summed E-state index contributed by atoms with van der Waals surface area (Å²) in [6, 6.07) is 16.2. The molecule has 1 aliphatic rings. The van der Waals surface area contributed by atoms with Gasteiger partial charge in [0.25, 0.3) is 5.91 Å². The van der Waals surface area contributed by atoms with Crippen molar-refractivity contribution in [2.75, 3.05) is 13.1 Å². The van der Waals surface area contributed by atoms with Crippen LogP contribution >= 0.6 is 0 Å². The zero-order valence-electron chi connectivity index (χ0n) is 17.4. The zero-order chi connectivity index (χ0) is 21.8. The van der Waals surface area contributed by atoms with Crippen molar-refractivity contribution in [3.8, 4) is 0 Å². The Bertz CT molecular complexity index is 1190. The van der Waals surface area contributed by atoms with Gasteiger partial charge in [0.15, 0.2) is 0 Å². The Morgan fingerprint density at radius 1 is 1.16 bits per heavy atom. The first-order chi connectivity index (χ1) is 15.0. The van der Waals surface area contributed by atoms with Gasteiger partial charge in [-0.1, -0.05) is 49.6 Å². The average molecular weight is 411 g/mol. The first kappa shape index (κ1) is 20.4. The van der Waals surface area contributed by atoms with Gasteiger partial charge in [0.1, 0.15) is 0 Å². The molecular weight excluding hydrogens is 384 g/mol. The maximum Gasteiger partial charge on any atom is 0.255 e. The minimum Gasteiger partial charge on any atom is -0.398 e. The van der Waals surface area contributed by atoms with Crippen LogP contribution < -0.4 is 11.1 Å². The largest absolute Gasteiger partial charge is 0.398 e. The molecule has 0 radical (unpaired) electrons.